The number of hydrogen-bond acceptors (Lipinski definition) is 4. The van der Waals surface area contributed by atoms with Gasteiger partial charge in [0, 0.05) is 12.2 Å². The molecule has 0 saturated carbocycles. The Bertz CT molecular complexity index is 568. The average molecular weight is 289 g/mol. The second-order valence-electron chi connectivity index (χ2n) is 4.49. The zero-order valence-corrected chi connectivity index (χ0v) is 11.9. The molecule has 0 aromatic heterocycles. The number of carbonyl (C=O) groups is 2. The Morgan fingerprint density at radius 3 is 3.05 bits per heavy atom. The second-order valence-corrected chi connectivity index (χ2v) is 5.48. The lowest BCUT2D eigenvalue weighted by Crippen LogP contribution is -2.44. The van der Waals surface area contributed by atoms with Gasteiger partial charge in [-0.25, -0.2) is 0 Å². The molecule has 2 rings (SSSR count). The van der Waals surface area contributed by atoms with E-state index in [4.69, 9.17) is 5.26 Å². The van der Waals surface area contributed by atoms with Crippen LogP contribution in [0.5, 0.6) is 0 Å². The molecule has 1 N–H and O–H groups in total. The van der Waals surface area contributed by atoms with Gasteiger partial charge in [0.1, 0.15) is 6.04 Å². The average Bonchev–Trinajstić information content (AvgIpc) is 2.57. The van der Waals surface area contributed by atoms with Crippen molar-refractivity contribution in [3.63, 3.8) is 0 Å². The van der Waals surface area contributed by atoms with Crippen molar-refractivity contribution in [3.8, 4) is 6.07 Å². The number of thioether (sulfide) groups is 1. The minimum absolute atomic E-state index is 0.121. The summed E-state index contributed by atoms with van der Waals surface area (Å²) >= 11 is 1.26. The number of anilines is 1. The number of para-hydroxylation sites is 1. The van der Waals surface area contributed by atoms with E-state index in [1.165, 1.54) is 11.8 Å². The lowest BCUT2D eigenvalue weighted by molar-refractivity contribution is -0.136. The van der Waals surface area contributed by atoms with E-state index in [0.717, 1.165) is 11.3 Å². The summed E-state index contributed by atoms with van der Waals surface area (Å²) in [5.74, 6) is 0.183. The molecule has 1 unspecified atom stereocenters. The van der Waals surface area contributed by atoms with Gasteiger partial charge < -0.3 is 10.2 Å². The summed E-state index contributed by atoms with van der Waals surface area (Å²) in [6, 6.07) is 8.94. The molecule has 6 heteroatoms. The van der Waals surface area contributed by atoms with Gasteiger partial charge in [0.05, 0.1) is 17.6 Å². The normalized spacial score (nSPS) is 17.7. The lowest BCUT2D eigenvalue weighted by atomic mass is 10.1. The summed E-state index contributed by atoms with van der Waals surface area (Å²) in [6.45, 7) is 2.12. The van der Waals surface area contributed by atoms with Crippen molar-refractivity contribution >= 4 is 29.3 Å². The zero-order valence-electron chi connectivity index (χ0n) is 11.1. The van der Waals surface area contributed by atoms with Gasteiger partial charge in [0.25, 0.3) is 0 Å². The van der Waals surface area contributed by atoms with Crippen molar-refractivity contribution in [2.24, 2.45) is 0 Å². The van der Waals surface area contributed by atoms with Crippen molar-refractivity contribution in [3.05, 3.63) is 29.8 Å². The second kappa shape index (κ2) is 6.44. The van der Waals surface area contributed by atoms with Crippen LogP contribution in [0, 0.1) is 11.3 Å². The molecule has 1 heterocycles. The fourth-order valence-electron chi connectivity index (χ4n) is 2.05. The summed E-state index contributed by atoms with van der Waals surface area (Å²) < 4.78 is 0. The van der Waals surface area contributed by atoms with Crippen LogP contribution < -0.4 is 5.32 Å². The Morgan fingerprint density at radius 1 is 1.55 bits per heavy atom. The van der Waals surface area contributed by atoms with Gasteiger partial charge in [-0.2, -0.15) is 5.26 Å². The van der Waals surface area contributed by atoms with Gasteiger partial charge in [-0.1, -0.05) is 18.2 Å². The monoisotopic (exact) mass is 289 g/mol. The number of hydrogen-bond donors (Lipinski definition) is 1. The largest absolute Gasteiger partial charge is 0.326 e. The van der Waals surface area contributed by atoms with E-state index >= 15 is 0 Å². The summed E-state index contributed by atoms with van der Waals surface area (Å²) in [7, 11) is 0. The number of carbonyl (C=O) groups excluding carboxylic acids is 2. The molecule has 1 aromatic carbocycles. The molecule has 0 aliphatic carbocycles. The summed E-state index contributed by atoms with van der Waals surface area (Å²) in [5, 5.41) is 11.3. The van der Waals surface area contributed by atoms with E-state index in [0.29, 0.717) is 6.54 Å². The molecule has 5 nitrogen and oxygen atoms in total. The summed E-state index contributed by atoms with van der Waals surface area (Å²) in [6.07, 6.45) is 0. The maximum Gasteiger partial charge on any atom is 0.246 e. The van der Waals surface area contributed by atoms with Crippen LogP contribution in [0.1, 0.15) is 12.5 Å². The molecule has 1 aliphatic rings. The highest BCUT2D eigenvalue weighted by molar-refractivity contribution is 8.00. The molecular weight excluding hydrogens is 274 g/mol. The third kappa shape index (κ3) is 3.11. The maximum atomic E-state index is 12.2. The van der Waals surface area contributed by atoms with E-state index in [1.54, 1.807) is 11.8 Å². The third-order valence-electron chi connectivity index (χ3n) is 3.18. The molecule has 0 radical (unpaired) electrons. The fraction of sp³-hybridized carbons (Fsp3) is 0.357. The first-order valence-corrected chi connectivity index (χ1v) is 7.42. The number of rotatable bonds is 3. The predicted molar refractivity (Wildman–Crippen MR) is 78.0 cm³/mol. The molecule has 0 bridgehead atoms. The van der Waals surface area contributed by atoms with Crippen molar-refractivity contribution in [1.29, 1.82) is 5.26 Å². The van der Waals surface area contributed by atoms with E-state index in [-0.39, 0.29) is 23.3 Å². The first kappa shape index (κ1) is 14.4. The van der Waals surface area contributed by atoms with Gasteiger partial charge in [-0.3, -0.25) is 9.59 Å². The Morgan fingerprint density at radius 2 is 2.30 bits per heavy atom. The van der Waals surface area contributed by atoms with Gasteiger partial charge in [-0.15, -0.1) is 11.8 Å². The lowest BCUT2D eigenvalue weighted by Gasteiger charge is -2.25. The minimum Gasteiger partial charge on any atom is -0.326 e. The maximum absolute atomic E-state index is 12.2. The van der Waals surface area contributed by atoms with Crippen LogP contribution in [-0.2, 0) is 16.1 Å². The molecule has 20 heavy (non-hydrogen) atoms. The van der Waals surface area contributed by atoms with Gasteiger partial charge >= 0.3 is 0 Å². The first-order valence-electron chi connectivity index (χ1n) is 6.26. The summed E-state index contributed by atoms with van der Waals surface area (Å²) in [4.78, 5) is 25.8. The highest BCUT2D eigenvalue weighted by Gasteiger charge is 2.29. The molecule has 104 valence electrons. The quantitative estimate of drug-likeness (QED) is 0.858. The fourth-order valence-corrected chi connectivity index (χ4v) is 2.58. The van der Waals surface area contributed by atoms with Crippen LogP contribution in [0.3, 0.4) is 0 Å². The number of nitrogens with zero attached hydrogens (tertiary/aromatic N) is 2. The van der Waals surface area contributed by atoms with Crippen LogP contribution >= 0.6 is 11.8 Å². The number of benzene rings is 1. The molecular formula is C14H15N3O2S. The van der Waals surface area contributed by atoms with Crippen LogP contribution in [-0.4, -0.2) is 34.3 Å². The number of nitrogens with one attached hydrogen (secondary N) is 1. The Kier molecular flexibility index (Phi) is 4.64. The van der Waals surface area contributed by atoms with Crippen LogP contribution in [0.4, 0.5) is 5.69 Å². The van der Waals surface area contributed by atoms with Gasteiger partial charge in [0.2, 0.25) is 11.8 Å². The van der Waals surface area contributed by atoms with Crippen molar-refractivity contribution in [2.75, 3.05) is 16.8 Å². The standard InChI is InChI=1S/C14H15N3O2S/c1-10-14(19)16-12-5-3-2-4-11(12)8-17(10)13(18)9-20-7-6-15/h2-5,10H,7-9H2,1H3,(H,16,19). The Hall–Kier alpha value is -2.00. The van der Waals surface area contributed by atoms with Crippen molar-refractivity contribution in [1.82, 2.24) is 4.90 Å². The van der Waals surface area contributed by atoms with E-state index in [9.17, 15) is 9.59 Å². The molecule has 1 aromatic rings. The van der Waals surface area contributed by atoms with Crippen LogP contribution in [0.2, 0.25) is 0 Å². The Balaban J connectivity index is 2.18. The number of amides is 2. The predicted octanol–water partition coefficient (Wildman–Crippen LogP) is 1.61. The highest BCUT2D eigenvalue weighted by Crippen LogP contribution is 2.23. The molecule has 1 atom stereocenters. The van der Waals surface area contributed by atoms with Gasteiger partial charge in [0.15, 0.2) is 0 Å². The number of fused-ring (bicyclic) bond motifs is 1. The first-order chi connectivity index (χ1) is 9.63. The Labute approximate surface area is 121 Å². The van der Waals surface area contributed by atoms with E-state index in [2.05, 4.69) is 5.32 Å². The zero-order chi connectivity index (χ0) is 14.5. The van der Waals surface area contributed by atoms with Crippen LogP contribution in [0.15, 0.2) is 24.3 Å². The molecule has 2 amide bonds. The smallest absolute Gasteiger partial charge is 0.246 e. The molecule has 0 spiro atoms. The number of nitriles is 1. The molecule has 0 saturated heterocycles. The van der Waals surface area contributed by atoms with Crippen LogP contribution in [0.25, 0.3) is 0 Å². The molecule has 1 aliphatic heterocycles. The van der Waals surface area contributed by atoms with Gasteiger partial charge in [-0.05, 0) is 18.6 Å². The van der Waals surface area contributed by atoms with E-state index in [1.807, 2.05) is 30.3 Å². The van der Waals surface area contributed by atoms with Crippen molar-refractivity contribution in [2.45, 2.75) is 19.5 Å². The summed E-state index contributed by atoms with van der Waals surface area (Å²) in [5.41, 5.74) is 1.67. The third-order valence-corrected chi connectivity index (χ3v) is 3.96. The minimum atomic E-state index is -0.516. The topological polar surface area (TPSA) is 73.2 Å². The SMILES string of the molecule is CC1C(=O)Nc2ccccc2CN1C(=O)CSCC#N. The molecule has 0 fully saturated rings. The van der Waals surface area contributed by atoms with Crippen molar-refractivity contribution < 1.29 is 9.59 Å². The highest BCUT2D eigenvalue weighted by atomic mass is 32.2. The van der Waals surface area contributed by atoms with E-state index < -0.39 is 6.04 Å².